The van der Waals surface area contributed by atoms with E-state index in [0.29, 0.717) is 10.7 Å². The van der Waals surface area contributed by atoms with Crippen molar-refractivity contribution in [2.75, 3.05) is 4.90 Å². The van der Waals surface area contributed by atoms with E-state index in [2.05, 4.69) is 5.32 Å². The lowest BCUT2D eigenvalue weighted by atomic mass is 10.1. The zero-order valence-electron chi connectivity index (χ0n) is 12.7. The summed E-state index contributed by atoms with van der Waals surface area (Å²) in [6.45, 7) is 0. The van der Waals surface area contributed by atoms with Crippen LogP contribution in [-0.2, 0) is 19.7 Å². The molecule has 1 fully saturated rings. The van der Waals surface area contributed by atoms with Crippen molar-refractivity contribution in [1.82, 2.24) is 5.32 Å². The van der Waals surface area contributed by atoms with Crippen LogP contribution >= 0.6 is 23.8 Å². The summed E-state index contributed by atoms with van der Waals surface area (Å²) < 4.78 is 35.9. The first-order valence-electron chi connectivity index (χ1n) is 6.91. The van der Waals surface area contributed by atoms with E-state index >= 15 is 0 Å². The highest BCUT2D eigenvalue weighted by atomic mass is 35.5. The number of carbonyl (C=O) groups excluding carboxylic acids is 2. The van der Waals surface area contributed by atoms with Gasteiger partial charge in [0.2, 0.25) is 5.09 Å². The van der Waals surface area contributed by atoms with Gasteiger partial charge in [0.1, 0.15) is 11.3 Å². The Morgan fingerprint density at radius 1 is 1.15 bits per heavy atom. The molecule has 1 aromatic heterocycles. The van der Waals surface area contributed by atoms with Gasteiger partial charge in [-0.15, -0.1) is 0 Å². The third-order valence-corrected chi connectivity index (χ3v) is 4.59. The highest BCUT2D eigenvalue weighted by Gasteiger charge is 2.34. The van der Waals surface area contributed by atoms with Gasteiger partial charge in [0.25, 0.3) is 11.8 Å². The summed E-state index contributed by atoms with van der Waals surface area (Å²) in [5.41, 5.74) is 0.0538. The maximum absolute atomic E-state index is 12.7. The van der Waals surface area contributed by atoms with Crippen LogP contribution in [0.3, 0.4) is 0 Å². The van der Waals surface area contributed by atoms with Gasteiger partial charge in [-0.3, -0.25) is 24.4 Å². The SMILES string of the molecule is O=C1NC(=S)N(c2ccc(Cl)cc2)C(=O)C1=Cc1ccc(S(=O)(=O)O)o1. The molecule has 0 radical (unpaired) electrons. The van der Waals surface area contributed by atoms with E-state index in [0.717, 1.165) is 17.0 Å². The standard InChI is InChI=1S/C15H9ClN2O6S2/c16-8-1-3-9(4-2-8)18-14(20)11(13(19)17-15(18)25)7-10-5-6-12(24-10)26(21,22)23/h1-7H,(H,17,19,25)(H,21,22,23). The van der Waals surface area contributed by atoms with E-state index in [9.17, 15) is 18.0 Å². The number of anilines is 1. The molecule has 0 saturated carbocycles. The number of carbonyl (C=O) groups is 2. The second-order valence-electron chi connectivity index (χ2n) is 5.07. The average Bonchev–Trinajstić information content (AvgIpc) is 3.02. The van der Waals surface area contributed by atoms with Gasteiger partial charge in [0, 0.05) is 5.02 Å². The third-order valence-electron chi connectivity index (χ3n) is 3.33. The second-order valence-corrected chi connectivity index (χ2v) is 7.24. The number of nitrogens with zero attached hydrogens (tertiary/aromatic N) is 1. The zero-order valence-corrected chi connectivity index (χ0v) is 15.1. The summed E-state index contributed by atoms with van der Waals surface area (Å²) in [5, 5.41) is 2.00. The van der Waals surface area contributed by atoms with Crippen molar-refractivity contribution in [1.29, 1.82) is 0 Å². The quantitative estimate of drug-likeness (QED) is 0.342. The molecule has 3 rings (SSSR count). The minimum atomic E-state index is -4.54. The maximum atomic E-state index is 12.7. The van der Waals surface area contributed by atoms with Crippen LogP contribution < -0.4 is 10.2 Å². The van der Waals surface area contributed by atoms with Crippen molar-refractivity contribution in [3.63, 3.8) is 0 Å². The Bertz CT molecular complexity index is 1060. The number of furan rings is 1. The topological polar surface area (TPSA) is 117 Å². The molecule has 134 valence electrons. The van der Waals surface area contributed by atoms with Crippen molar-refractivity contribution >= 4 is 62.6 Å². The van der Waals surface area contributed by atoms with Crippen molar-refractivity contribution < 1.29 is 27.0 Å². The number of nitrogens with one attached hydrogen (secondary N) is 1. The van der Waals surface area contributed by atoms with Gasteiger partial charge >= 0.3 is 10.1 Å². The minimum absolute atomic E-state index is 0.111. The lowest BCUT2D eigenvalue weighted by Crippen LogP contribution is -2.54. The monoisotopic (exact) mass is 412 g/mol. The molecule has 0 bridgehead atoms. The molecule has 0 spiro atoms. The van der Waals surface area contributed by atoms with E-state index in [1.54, 1.807) is 24.3 Å². The molecule has 2 amide bonds. The third kappa shape index (κ3) is 3.53. The van der Waals surface area contributed by atoms with Gasteiger partial charge in [0.05, 0.1) is 5.69 Å². The highest BCUT2D eigenvalue weighted by Crippen LogP contribution is 2.24. The first kappa shape index (κ1) is 18.3. The molecule has 1 aliphatic heterocycles. The molecule has 2 heterocycles. The van der Waals surface area contributed by atoms with Gasteiger partial charge in [-0.1, -0.05) is 11.6 Å². The zero-order chi connectivity index (χ0) is 19.1. The normalized spacial score (nSPS) is 16.9. The molecule has 0 atom stereocenters. The summed E-state index contributed by atoms with van der Waals surface area (Å²) in [7, 11) is -4.54. The van der Waals surface area contributed by atoms with Crippen molar-refractivity contribution in [2.45, 2.75) is 5.09 Å². The van der Waals surface area contributed by atoms with Crippen LogP contribution in [0.5, 0.6) is 0 Å². The Labute approximate surface area is 157 Å². The van der Waals surface area contributed by atoms with Gasteiger partial charge in [0.15, 0.2) is 5.11 Å². The number of hydrogen-bond acceptors (Lipinski definition) is 6. The van der Waals surface area contributed by atoms with E-state index in [1.165, 1.54) is 6.07 Å². The highest BCUT2D eigenvalue weighted by molar-refractivity contribution is 7.85. The van der Waals surface area contributed by atoms with Gasteiger partial charge < -0.3 is 4.42 Å². The number of rotatable bonds is 3. The van der Waals surface area contributed by atoms with Crippen LogP contribution in [0.2, 0.25) is 5.02 Å². The van der Waals surface area contributed by atoms with E-state index in [-0.39, 0.29) is 16.4 Å². The molecule has 2 aromatic rings. The Morgan fingerprint density at radius 2 is 1.81 bits per heavy atom. The first-order chi connectivity index (χ1) is 12.2. The number of halogens is 1. The molecule has 0 aliphatic carbocycles. The fraction of sp³-hybridized carbons (Fsp3) is 0. The molecular formula is C15H9ClN2O6S2. The summed E-state index contributed by atoms with van der Waals surface area (Å²) in [5.74, 6) is -1.61. The smallest absolute Gasteiger partial charge is 0.328 e. The summed E-state index contributed by atoms with van der Waals surface area (Å²) in [4.78, 5) is 25.9. The van der Waals surface area contributed by atoms with Crippen molar-refractivity contribution in [3.05, 3.63) is 52.8 Å². The van der Waals surface area contributed by atoms with Crippen molar-refractivity contribution in [2.24, 2.45) is 0 Å². The Hall–Kier alpha value is -2.53. The van der Waals surface area contributed by atoms with Crippen LogP contribution in [0.4, 0.5) is 5.69 Å². The molecule has 0 unspecified atom stereocenters. The Morgan fingerprint density at radius 3 is 2.38 bits per heavy atom. The summed E-state index contributed by atoms with van der Waals surface area (Å²) in [6.07, 6.45) is 1.05. The van der Waals surface area contributed by atoms with Crippen LogP contribution in [0.15, 0.2) is 51.5 Å². The Balaban J connectivity index is 2.00. The van der Waals surface area contributed by atoms with Crippen LogP contribution in [0, 0.1) is 0 Å². The molecule has 2 N–H and O–H groups in total. The van der Waals surface area contributed by atoms with Gasteiger partial charge in [-0.25, -0.2) is 0 Å². The molecule has 1 aliphatic rings. The lowest BCUT2D eigenvalue weighted by molar-refractivity contribution is -0.122. The number of hydrogen-bond donors (Lipinski definition) is 2. The minimum Gasteiger partial charge on any atom is -0.443 e. The van der Waals surface area contributed by atoms with Crippen molar-refractivity contribution in [3.8, 4) is 0 Å². The number of thiocarbonyl (C=S) groups is 1. The summed E-state index contributed by atoms with van der Waals surface area (Å²) in [6, 6.07) is 8.38. The molecule has 1 aromatic carbocycles. The van der Waals surface area contributed by atoms with Crippen LogP contribution in [-0.4, -0.2) is 29.9 Å². The predicted molar refractivity (Wildman–Crippen MR) is 96.2 cm³/mol. The van der Waals surface area contributed by atoms with E-state index in [4.69, 9.17) is 32.8 Å². The number of benzene rings is 1. The first-order valence-corrected chi connectivity index (χ1v) is 9.14. The predicted octanol–water partition coefficient (Wildman–Crippen LogP) is 2.01. The second kappa shape index (κ2) is 6.65. The lowest BCUT2D eigenvalue weighted by Gasteiger charge is -2.28. The fourth-order valence-electron chi connectivity index (χ4n) is 2.17. The molecule has 26 heavy (non-hydrogen) atoms. The molecule has 11 heteroatoms. The molecule has 8 nitrogen and oxygen atoms in total. The van der Waals surface area contributed by atoms with Crippen LogP contribution in [0.1, 0.15) is 5.76 Å². The van der Waals surface area contributed by atoms with Gasteiger partial charge in [-0.2, -0.15) is 8.42 Å². The largest absolute Gasteiger partial charge is 0.443 e. The van der Waals surface area contributed by atoms with E-state index < -0.39 is 27.0 Å². The summed E-state index contributed by atoms with van der Waals surface area (Å²) >= 11 is 10.9. The fourth-order valence-corrected chi connectivity index (χ4v) is 3.02. The maximum Gasteiger partial charge on any atom is 0.328 e. The number of amides is 2. The van der Waals surface area contributed by atoms with E-state index in [1.807, 2.05) is 0 Å². The van der Waals surface area contributed by atoms with Gasteiger partial charge in [-0.05, 0) is 54.7 Å². The average molecular weight is 413 g/mol. The molecular weight excluding hydrogens is 404 g/mol. The molecule has 1 saturated heterocycles. The Kier molecular flexibility index (Phi) is 4.67. The van der Waals surface area contributed by atoms with Crippen LogP contribution in [0.25, 0.3) is 6.08 Å².